The molecule has 0 heterocycles. The van der Waals surface area contributed by atoms with Gasteiger partial charge in [-0.15, -0.1) is 0 Å². The van der Waals surface area contributed by atoms with Crippen LogP contribution in [0.15, 0.2) is 24.3 Å². The van der Waals surface area contributed by atoms with Crippen molar-refractivity contribution in [2.45, 2.75) is 26.2 Å². The maximum absolute atomic E-state index is 12.1. The van der Waals surface area contributed by atoms with Gasteiger partial charge in [-0.05, 0) is 44.0 Å². The Morgan fingerprint density at radius 1 is 1.47 bits per heavy atom. The quantitative estimate of drug-likeness (QED) is 0.789. The van der Waals surface area contributed by atoms with Crippen molar-refractivity contribution in [2.24, 2.45) is 11.1 Å². The number of carbonyl (C=O) groups excluding carboxylic acids is 1. The van der Waals surface area contributed by atoms with Crippen LogP contribution >= 0.6 is 0 Å². The molecule has 1 aliphatic rings. The summed E-state index contributed by atoms with van der Waals surface area (Å²) in [7, 11) is 0. The summed E-state index contributed by atoms with van der Waals surface area (Å²) in [4.78, 5) is 12.1. The van der Waals surface area contributed by atoms with Crippen LogP contribution in [0.4, 0.5) is 0 Å². The molecule has 19 heavy (non-hydrogen) atoms. The highest BCUT2D eigenvalue weighted by molar-refractivity contribution is 5.94. The molecule has 1 saturated carbocycles. The first kappa shape index (κ1) is 13.9. The summed E-state index contributed by atoms with van der Waals surface area (Å²) >= 11 is 0. The van der Waals surface area contributed by atoms with Gasteiger partial charge in [-0.25, -0.2) is 0 Å². The van der Waals surface area contributed by atoms with Crippen LogP contribution in [0, 0.1) is 5.41 Å². The Kier molecular flexibility index (Phi) is 4.43. The van der Waals surface area contributed by atoms with Crippen LogP contribution < -0.4 is 15.8 Å². The first-order chi connectivity index (χ1) is 9.19. The number of ether oxygens (including phenoxy) is 1. The molecule has 0 unspecified atom stereocenters. The molecule has 0 atom stereocenters. The van der Waals surface area contributed by atoms with Crippen LogP contribution in [0.25, 0.3) is 0 Å². The highest BCUT2D eigenvalue weighted by atomic mass is 16.5. The predicted octanol–water partition coefficient (Wildman–Crippen LogP) is 1.94. The van der Waals surface area contributed by atoms with E-state index in [1.165, 1.54) is 0 Å². The molecular formula is C15H22N2O2. The van der Waals surface area contributed by atoms with Crippen LogP contribution in [-0.2, 0) is 0 Å². The third-order valence-electron chi connectivity index (χ3n) is 3.58. The average molecular weight is 262 g/mol. The molecule has 0 bridgehead atoms. The topological polar surface area (TPSA) is 64.3 Å². The number of nitrogens with one attached hydrogen (secondary N) is 1. The van der Waals surface area contributed by atoms with Gasteiger partial charge in [0.25, 0.3) is 5.91 Å². The summed E-state index contributed by atoms with van der Waals surface area (Å²) in [6, 6.07) is 7.30. The highest BCUT2D eigenvalue weighted by Gasteiger charge is 2.41. The number of rotatable bonds is 7. The lowest BCUT2D eigenvalue weighted by Gasteiger charge is -2.13. The zero-order valence-corrected chi connectivity index (χ0v) is 11.4. The van der Waals surface area contributed by atoms with Crippen LogP contribution in [-0.4, -0.2) is 25.6 Å². The van der Waals surface area contributed by atoms with Gasteiger partial charge in [0, 0.05) is 17.5 Å². The van der Waals surface area contributed by atoms with Crippen LogP contribution in [0.2, 0.25) is 0 Å². The summed E-state index contributed by atoms with van der Waals surface area (Å²) in [6.45, 7) is 4.04. The second kappa shape index (κ2) is 6.06. The predicted molar refractivity (Wildman–Crippen MR) is 75.3 cm³/mol. The van der Waals surface area contributed by atoms with Crippen LogP contribution in [0.5, 0.6) is 5.75 Å². The van der Waals surface area contributed by atoms with Crippen molar-refractivity contribution in [2.75, 3.05) is 19.7 Å². The molecule has 3 N–H and O–H groups in total. The van der Waals surface area contributed by atoms with Gasteiger partial charge >= 0.3 is 0 Å². The van der Waals surface area contributed by atoms with E-state index in [1.807, 2.05) is 12.1 Å². The maximum atomic E-state index is 12.1. The van der Waals surface area contributed by atoms with Gasteiger partial charge in [-0.1, -0.05) is 13.0 Å². The first-order valence-corrected chi connectivity index (χ1v) is 6.90. The van der Waals surface area contributed by atoms with E-state index in [0.717, 1.165) is 25.0 Å². The number of hydrogen-bond donors (Lipinski definition) is 2. The Hall–Kier alpha value is -1.55. The molecule has 4 nitrogen and oxygen atoms in total. The molecule has 0 saturated heterocycles. The van der Waals surface area contributed by atoms with Crippen LogP contribution in [0.3, 0.4) is 0 Å². The Morgan fingerprint density at radius 2 is 2.26 bits per heavy atom. The van der Waals surface area contributed by atoms with Gasteiger partial charge in [0.1, 0.15) is 5.75 Å². The van der Waals surface area contributed by atoms with E-state index in [2.05, 4.69) is 12.2 Å². The molecule has 0 radical (unpaired) electrons. The third kappa shape index (κ3) is 3.70. The first-order valence-electron chi connectivity index (χ1n) is 6.90. The van der Waals surface area contributed by atoms with E-state index in [4.69, 9.17) is 10.5 Å². The molecule has 0 aromatic heterocycles. The Balaban J connectivity index is 1.91. The number of carbonyl (C=O) groups is 1. The van der Waals surface area contributed by atoms with Gasteiger partial charge in [-0.3, -0.25) is 4.79 Å². The molecule has 1 fully saturated rings. The zero-order chi connectivity index (χ0) is 13.7. The molecular weight excluding hydrogens is 240 g/mol. The minimum Gasteiger partial charge on any atom is -0.494 e. The van der Waals surface area contributed by atoms with Gasteiger partial charge in [0.2, 0.25) is 0 Å². The Morgan fingerprint density at radius 3 is 2.89 bits per heavy atom. The zero-order valence-electron chi connectivity index (χ0n) is 11.4. The smallest absolute Gasteiger partial charge is 0.251 e. The summed E-state index contributed by atoms with van der Waals surface area (Å²) < 4.78 is 5.52. The summed E-state index contributed by atoms with van der Waals surface area (Å²) in [5.74, 6) is 0.691. The van der Waals surface area contributed by atoms with Gasteiger partial charge in [0.15, 0.2) is 0 Å². The largest absolute Gasteiger partial charge is 0.494 e. The monoisotopic (exact) mass is 262 g/mol. The lowest BCUT2D eigenvalue weighted by Crippen LogP contribution is -2.33. The van der Waals surface area contributed by atoms with Crippen molar-refractivity contribution in [3.8, 4) is 5.75 Å². The normalized spacial score (nSPS) is 15.9. The molecule has 1 amide bonds. The fraction of sp³-hybridized carbons (Fsp3) is 0.533. The number of amides is 1. The van der Waals surface area contributed by atoms with Crippen molar-refractivity contribution in [3.63, 3.8) is 0 Å². The van der Waals surface area contributed by atoms with Crippen molar-refractivity contribution >= 4 is 5.91 Å². The average Bonchev–Trinajstić information content (AvgIpc) is 3.23. The van der Waals surface area contributed by atoms with Crippen molar-refractivity contribution in [1.82, 2.24) is 5.32 Å². The van der Waals surface area contributed by atoms with E-state index in [1.54, 1.807) is 12.1 Å². The molecule has 0 spiro atoms. The summed E-state index contributed by atoms with van der Waals surface area (Å²) in [5.41, 5.74) is 6.50. The molecule has 1 aromatic carbocycles. The summed E-state index contributed by atoms with van der Waals surface area (Å²) in [6.07, 6.45) is 3.18. The van der Waals surface area contributed by atoms with Crippen LogP contribution in [0.1, 0.15) is 36.5 Å². The third-order valence-corrected chi connectivity index (χ3v) is 3.58. The standard InChI is InChI=1S/C15H22N2O2/c1-2-8-19-13-5-3-4-12(9-13)14(18)17-11-15(10-16)6-7-15/h3-5,9H,2,6-8,10-11,16H2,1H3,(H,17,18). The second-order valence-electron chi connectivity index (χ2n) is 5.26. The van der Waals surface area contributed by atoms with E-state index in [0.29, 0.717) is 25.3 Å². The Labute approximate surface area is 114 Å². The van der Waals surface area contributed by atoms with Crippen molar-refractivity contribution < 1.29 is 9.53 Å². The number of hydrogen-bond acceptors (Lipinski definition) is 3. The fourth-order valence-electron chi connectivity index (χ4n) is 1.95. The van der Waals surface area contributed by atoms with Gasteiger partial charge < -0.3 is 15.8 Å². The lowest BCUT2D eigenvalue weighted by atomic mass is 10.1. The molecule has 104 valence electrons. The van der Waals surface area contributed by atoms with E-state index in [-0.39, 0.29) is 11.3 Å². The van der Waals surface area contributed by atoms with E-state index in [9.17, 15) is 4.79 Å². The molecule has 1 aliphatic carbocycles. The molecule has 1 aromatic rings. The minimum absolute atomic E-state index is 0.0540. The van der Waals surface area contributed by atoms with Gasteiger partial charge in [0.05, 0.1) is 6.61 Å². The number of nitrogens with two attached hydrogens (primary N) is 1. The van der Waals surface area contributed by atoms with Crippen molar-refractivity contribution in [1.29, 1.82) is 0 Å². The fourth-order valence-corrected chi connectivity index (χ4v) is 1.95. The van der Waals surface area contributed by atoms with E-state index >= 15 is 0 Å². The maximum Gasteiger partial charge on any atom is 0.251 e. The lowest BCUT2D eigenvalue weighted by molar-refractivity contribution is 0.0945. The van der Waals surface area contributed by atoms with Gasteiger partial charge in [-0.2, -0.15) is 0 Å². The second-order valence-corrected chi connectivity index (χ2v) is 5.26. The SMILES string of the molecule is CCCOc1cccc(C(=O)NCC2(CN)CC2)c1. The molecule has 0 aliphatic heterocycles. The molecule has 4 heteroatoms. The minimum atomic E-state index is -0.0540. The highest BCUT2D eigenvalue weighted by Crippen LogP contribution is 2.43. The Bertz CT molecular complexity index is 442. The van der Waals surface area contributed by atoms with E-state index < -0.39 is 0 Å². The molecule has 2 rings (SSSR count). The number of benzene rings is 1. The summed E-state index contributed by atoms with van der Waals surface area (Å²) in [5, 5.41) is 2.96. The van der Waals surface area contributed by atoms with Crippen molar-refractivity contribution in [3.05, 3.63) is 29.8 Å².